The van der Waals surface area contributed by atoms with Gasteiger partial charge in [-0.1, -0.05) is 13.0 Å². The number of nitrogens with zero attached hydrogens (tertiary/aromatic N) is 1. The fourth-order valence-electron chi connectivity index (χ4n) is 1.42. The molecule has 1 N–H and O–H groups in total. The predicted octanol–water partition coefficient (Wildman–Crippen LogP) is 2.74. The van der Waals surface area contributed by atoms with Crippen molar-refractivity contribution in [2.24, 2.45) is 0 Å². The number of amides is 1. The van der Waals surface area contributed by atoms with Crippen molar-refractivity contribution >= 4 is 28.6 Å². The molecule has 0 saturated heterocycles. The molecule has 1 amide bonds. The number of aryl methyl sites for hydroxylation is 1. The van der Waals surface area contributed by atoms with E-state index in [2.05, 4.69) is 16.4 Å². The highest BCUT2D eigenvalue weighted by atomic mass is 32.1. The summed E-state index contributed by atoms with van der Waals surface area (Å²) in [5.74, 6) is -0.0150. The van der Waals surface area contributed by atoms with E-state index >= 15 is 0 Å². The number of thiophene rings is 1. The number of hydrogen-bond donors (Lipinski definition) is 1. The first-order valence-corrected chi connectivity index (χ1v) is 7.24. The summed E-state index contributed by atoms with van der Waals surface area (Å²) in [6.07, 6.45) is 3.43. The molecule has 0 spiro atoms. The van der Waals surface area contributed by atoms with Crippen molar-refractivity contribution in [1.82, 2.24) is 10.3 Å². The highest BCUT2D eigenvalue weighted by Gasteiger charge is 2.08. The van der Waals surface area contributed by atoms with Crippen molar-refractivity contribution in [3.8, 4) is 0 Å². The van der Waals surface area contributed by atoms with Gasteiger partial charge in [0.05, 0.1) is 11.2 Å². The minimum Gasteiger partial charge on any atom is -0.351 e. The molecule has 0 bridgehead atoms. The third-order valence-corrected chi connectivity index (χ3v) is 4.39. The molecule has 0 aliphatic carbocycles. The largest absolute Gasteiger partial charge is 0.351 e. The molecule has 2 aromatic heterocycles. The molecule has 0 aromatic carbocycles. The fourth-order valence-corrected chi connectivity index (χ4v) is 2.90. The Morgan fingerprint density at radius 2 is 2.41 bits per heavy atom. The molecule has 2 rings (SSSR count). The van der Waals surface area contributed by atoms with Gasteiger partial charge >= 0.3 is 0 Å². The molecule has 0 unspecified atom stereocenters. The van der Waals surface area contributed by atoms with E-state index in [9.17, 15) is 4.79 Å². The van der Waals surface area contributed by atoms with Crippen LogP contribution in [-0.4, -0.2) is 17.4 Å². The number of hydrogen-bond acceptors (Lipinski definition) is 4. The summed E-state index contributed by atoms with van der Waals surface area (Å²) in [5, 5.41) is 5.97. The van der Waals surface area contributed by atoms with Gasteiger partial charge in [0.25, 0.3) is 5.91 Å². The molecule has 0 saturated carbocycles. The molecule has 2 aromatic rings. The standard InChI is InChI=1S/C12H14N2OS2/c1-2-11-14-8-10(17-11)12(15)13-6-5-9-4-3-7-16-9/h3-4,7-8H,2,5-6H2,1H3,(H,13,15). The van der Waals surface area contributed by atoms with Gasteiger partial charge in [-0.2, -0.15) is 0 Å². The van der Waals surface area contributed by atoms with Gasteiger partial charge in [-0.05, 0) is 24.3 Å². The second-order valence-corrected chi connectivity index (χ2v) is 5.70. The van der Waals surface area contributed by atoms with Crippen LogP contribution < -0.4 is 5.32 Å². The van der Waals surface area contributed by atoms with Gasteiger partial charge in [-0.15, -0.1) is 22.7 Å². The molecule has 17 heavy (non-hydrogen) atoms. The van der Waals surface area contributed by atoms with Gasteiger partial charge < -0.3 is 5.32 Å². The van der Waals surface area contributed by atoms with E-state index in [0.29, 0.717) is 11.4 Å². The molecular formula is C12H14N2OS2. The van der Waals surface area contributed by atoms with Gasteiger partial charge in [-0.3, -0.25) is 4.79 Å². The van der Waals surface area contributed by atoms with Gasteiger partial charge in [-0.25, -0.2) is 4.98 Å². The zero-order chi connectivity index (χ0) is 12.1. The first kappa shape index (κ1) is 12.3. The summed E-state index contributed by atoms with van der Waals surface area (Å²) in [6.45, 7) is 2.72. The van der Waals surface area contributed by atoms with Crippen LogP contribution in [0.15, 0.2) is 23.7 Å². The summed E-state index contributed by atoms with van der Waals surface area (Å²) in [5.41, 5.74) is 0. The lowest BCUT2D eigenvalue weighted by atomic mass is 10.3. The molecule has 2 heterocycles. The topological polar surface area (TPSA) is 42.0 Å². The number of nitrogens with one attached hydrogen (secondary N) is 1. The van der Waals surface area contributed by atoms with E-state index in [0.717, 1.165) is 17.8 Å². The number of aromatic nitrogens is 1. The highest BCUT2D eigenvalue weighted by molar-refractivity contribution is 7.13. The first-order valence-electron chi connectivity index (χ1n) is 5.55. The van der Waals surface area contributed by atoms with Crippen molar-refractivity contribution in [1.29, 1.82) is 0 Å². The molecule has 3 nitrogen and oxygen atoms in total. The van der Waals surface area contributed by atoms with Gasteiger partial charge in [0.1, 0.15) is 4.88 Å². The van der Waals surface area contributed by atoms with Gasteiger partial charge in [0.2, 0.25) is 0 Å². The number of carbonyl (C=O) groups excluding carboxylic acids is 1. The highest BCUT2D eigenvalue weighted by Crippen LogP contribution is 2.13. The van der Waals surface area contributed by atoms with Crippen molar-refractivity contribution in [2.75, 3.05) is 6.54 Å². The Kier molecular flexibility index (Phi) is 4.28. The smallest absolute Gasteiger partial charge is 0.263 e. The Morgan fingerprint density at radius 1 is 1.53 bits per heavy atom. The maximum absolute atomic E-state index is 11.8. The molecule has 90 valence electrons. The van der Waals surface area contributed by atoms with Crippen LogP contribution in [0, 0.1) is 0 Å². The second kappa shape index (κ2) is 5.93. The summed E-state index contributed by atoms with van der Waals surface area (Å²) >= 11 is 3.19. The summed E-state index contributed by atoms with van der Waals surface area (Å²) in [7, 11) is 0. The normalized spacial score (nSPS) is 10.4. The summed E-state index contributed by atoms with van der Waals surface area (Å²) in [6, 6.07) is 4.11. The van der Waals surface area contributed by atoms with E-state index in [-0.39, 0.29) is 5.91 Å². The Hall–Kier alpha value is -1.20. The Labute approximate surface area is 109 Å². The fraction of sp³-hybridized carbons (Fsp3) is 0.333. The SMILES string of the molecule is CCc1ncc(C(=O)NCCc2cccs2)s1. The van der Waals surface area contributed by atoms with E-state index in [1.807, 2.05) is 18.4 Å². The Morgan fingerprint density at radius 3 is 3.06 bits per heavy atom. The number of thiazole rings is 1. The summed E-state index contributed by atoms with van der Waals surface area (Å²) in [4.78, 5) is 17.9. The molecular weight excluding hydrogens is 252 g/mol. The number of rotatable bonds is 5. The lowest BCUT2D eigenvalue weighted by molar-refractivity contribution is 0.0958. The van der Waals surface area contributed by atoms with E-state index in [1.54, 1.807) is 17.5 Å². The first-order chi connectivity index (χ1) is 8.29. The van der Waals surface area contributed by atoms with Crippen molar-refractivity contribution in [3.05, 3.63) is 38.5 Å². The van der Waals surface area contributed by atoms with Crippen LogP contribution in [0.3, 0.4) is 0 Å². The van der Waals surface area contributed by atoms with Crippen LogP contribution in [0.25, 0.3) is 0 Å². The molecule has 0 aliphatic heterocycles. The van der Waals surface area contributed by atoms with Crippen LogP contribution in [0.5, 0.6) is 0 Å². The van der Waals surface area contributed by atoms with Crippen molar-refractivity contribution in [2.45, 2.75) is 19.8 Å². The maximum Gasteiger partial charge on any atom is 0.263 e. The molecule has 0 radical (unpaired) electrons. The average Bonchev–Trinajstić information content (AvgIpc) is 2.99. The zero-order valence-electron chi connectivity index (χ0n) is 9.60. The van der Waals surface area contributed by atoms with Crippen molar-refractivity contribution < 1.29 is 4.79 Å². The minimum atomic E-state index is -0.0150. The summed E-state index contributed by atoms with van der Waals surface area (Å²) < 4.78 is 0. The van der Waals surface area contributed by atoms with Crippen LogP contribution in [0.2, 0.25) is 0 Å². The second-order valence-electron chi connectivity index (χ2n) is 3.56. The molecule has 0 aliphatic rings. The van der Waals surface area contributed by atoms with Gasteiger partial charge in [0.15, 0.2) is 0 Å². The van der Waals surface area contributed by atoms with Crippen LogP contribution >= 0.6 is 22.7 Å². The van der Waals surface area contributed by atoms with Crippen LogP contribution in [0.4, 0.5) is 0 Å². The molecule has 0 fully saturated rings. The van der Waals surface area contributed by atoms with E-state index < -0.39 is 0 Å². The van der Waals surface area contributed by atoms with Crippen LogP contribution in [-0.2, 0) is 12.8 Å². The number of carbonyl (C=O) groups is 1. The zero-order valence-corrected chi connectivity index (χ0v) is 11.2. The minimum absolute atomic E-state index is 0.0150. The Bertz CT molecular complexity index is 476. The molecule has 0 atom stereocenters. The predicted molar refractivity (Wildman–Crippen MR) is 71.8 cm³/mol. The lowest BCUT2D eigenvalue weighted by Crippen LogP contribution is -2.24. The van der Waals surface area contributed by atoms with Crippen LogP contribution in [0.1, 0.15) is 26.5 Å². The lowest BCUT2D eigenvalue weighted by Gasteiger charge is -2.01. The third kappa shape index (κ3) is 3.38. The van der Waals surface area contributed by atoms with E-state index in [4.69, 9.17) is 0 Å². The quantitative estimate of drug-likeness (QED) is 0.904. The molecule has 5 heteroatoms. The third-order valence-electron chi connectivity index (χ3n) is 2.32. The monoisotopic (exact) mass is 266 g/mol. The van der Waals surface area contributed by atoms with Crippen molar-refractivity contribution in [3.63, 3.8) is 0 Å². The Balaban J connectivity index is 1.81. The average molecular weight is 266 g/mol. The maximum atomic E-state index is 11.8. The van der Waals surface area contributed by atoms with Gasteiger partial charge in [0, 0.05) is 11.4 Å². The van der Waals surface area contributed by atoms with E-state index in [1.165, 1.54) is 16.2 Å².